The summed E-state index contributed by atoms with van der Waals surface area (Å²) in [5, 5.41) is 4.98. The van der Waals surface area contributed by atoms with Gasteiger partial charge in [-0.2, -0.15) is 0 Å². The molecule has 0 aliphatic carbocycles. The molecule has 0 radical (unpaired) electrons. The third-order valence-electron chi connectivity index (χ3n) is 2.58. The van der Waals surface area contributed by atoms with Gasteiger partial charge < -0.3 is 30.6 Å². The number of nitrogens with two attached hydrogens (primary N) is 1. The maximum atomic E-state index is 11.7. The molecule has 0 unspecified atom stereocenters. The molecule has 2 amide bonds. The molecule has 0 spiro atoms. The van der Waals surface area contributed by atoms with E-state index in [9.17, 15) is 9.59 Å². The van der Waals surface area contributed by atoms with Crippen molar-refractivity contribution in [1.82, 2.24) is 5.32 Å². The highest BCUT2D eigenvalue weighted by Crippen LogP contribution is 2.39. The van der Waals surface area contributed by atoms with Gasteiger partial charge in [-0.05, 0) is 0 Å². The molecule has 1 aromatic carbocycles. The number of anilines is 1. The van der Waals surface area contributed by atoms with Gasteiger partial charge >= 0.3 is 0 Å². The first-order chi connectivity index (χ1) is 10.0. The van der Waals surface area contributed by atoms with Crippen molar-refractivity contribution in [1.29, 1.82) is 0 Å². The highest BCUT2D eigenvalue weighted by atomic mass is 35.5. The summed E-state index contributed by atoms with van der Waals surface area (Å²) in [4.78, 5) is 22.7. The van der Waals surface area contributed by atoms with E-state index >= 15 is 0 Å². The van der Waals surface area contributed by atoms with Crippen LogP contribution in [-0.2, 0) is 9.59 Å². The van der Waals surface area contributed by atoms with Crippen LogP contribution in [0, 0.1) is 0 Å². The van der Waals surface area contributed by atoms with Crippen molar-refractivity contribution in [3.63, 3.8) is 0 Å². The number of nitrogens with one attached hydrogen (secondary N) is 2. The van der Waals surface area contributed by atoms with Crippen LogP contribution < -0.4 is 30.6 Å². The van der Waals surface area contributed by atoms with Crippen molar-refractivity contribution in [3.05, 3.63) is 12.1 Å². The van der Waals surface area contributed by atoms with Crippen molar-refractivity contribution in [3.8, 4) is 17.2 Å². The fraction of sp³-hybridized carbons (Fsp3) is 0.385. The monoisotopic (exact) mass is 333 g/mol. The van der Waals surface area contributed by atoms with Crippen LogP contribution in [-0.4, -0.2) is 46.2 Å². The topological polar surface area (TPSA) is 112 Å². The third-order valence-corrected chi connectivity index (χ3v) is 2.58. The number of amides is 2. The molecule has 4 N–H and O–H groups in total. The summed E-state index contributed by atoms with van der Waals surface area (Å²) in [6.45, 7) is -0.343. The molecule has 0 saturated carbocycles. The van der Waals surface area contributed by atoms with E-state index in [1.54, 1.807) is 12.1 Å². The van der Waals surface area contributed by atoms with Gasteiger partial charge in [0, 0.05) is 17.8 Å². The van der Waals surface area contributed by atoms with E-state index in [2.05, 4.69) is 10.6 Å². The van der Waals surface area contributed by atoms with Gasteiger partial charge in [0.2, 0.25) is 17.6 Å². The quantitative estimate of drug-likeness (QED) is 0.654. The molecule has 0 fully saturated rings. The molecule has 9 heteroatoms. The minimum atomic E-state index is -0.407. The summed E-state index contributed by atoms with van der Waals surface area (Å²) in [6.07, 6.45) is 0. The normalized spacial score (nSPS) is 9.27. The third kappa shape index (κ3) is 5.30. The Morgan fingerprint density at radius 1 is 1.05 bits per heavy atom. The Bertz CT molecular complexity index is 499. The SMILES string of the molecule is COc1cc(NC(=O)CNC(=O)CN)cc(OC)c1OC.Cl. The van der Waals surface area contributed by atoms with E-state index in [0.717, 1.165) is 0 Å². The van der Waals surface area contributed by atoms with Gasteiger partial charge in [-0.15, -0.1) is 12.4 Å². The lowest BCUT2D eigenvalue weighted by Crippen LogP contribution is -2.36. The second-order valence-corrected chi connectivity index (χ2v) is 3.94. The van der Waals surface area contributed by atoms with E-state index in [4.69, 9.17) is 19.9 Å². The Morgan fingerprint density at radius 2 is 1.59 bits per heavy atom. The molecule has 0 atom stereocenters. The number of ether oxygens (including phenoxy) is 3. The molecule has 1 rings (SSSR count). The molecule has 0 heterocycles. The second-order valence-electron chi connectivity index (χ2n) is 3.94. The summed E-state index contributed by atoms with van der Waals surface area (Å²) >= 11 is 0. The molecule has 0 bridgehead atoms. The lowest BCUT2D eigenvalue weighted by molar-refractivity contribution is -0.123. The standard InChI is InChI=1S/C13H19N3O5.ClH/c1-19-9-4-8(5-10(20-2)13(9)21-3)16-12(18)7-15-11(17)6-14;/h4-5H,6-7,14H2,1-3H3,(H,15,17)(H,16,18);1H. The molecule has 124 valence electrons. The Kier molecular flexibility index (Phi) is 8.73. The van der Waals surface area contributed by atoms with Crippen molar-refractivity contribution in [2.45, 2.75) is 0 Å². The zero-order valence-corrected chi connectivity index (χ0v) is 13.4. The number of halogens is 1. The Morgan fingerprint density at radius 3 is 2.00 bits per heavy atom. The summed E-state index contributed by atoms with van der Waals surface area (Å²) < 4.78 is 15.5. The fourth-order valence-electron chi connectivity index (χ4n) is 1.61. The number of hydrogen-bond donors (Lipinski definition) is 3. The van der Waals surface area contributed by atoms with E-state index in [-0.39, 0.29) is 25.5 Å². The average Bonchev–Trinajstić information content (AvgIpc) is 2.51. The van der Waals surface area contributed by atoms with Crippen LogP contribution in [0.4, 0.5) is 5.69 Å². The van der Waals surface area contributed by atoms with E-state index in [1.807, 2.05) is 0 Å². The Hall–Kier alpha value is -2.19. The van der Waals surface area contributed by atoms with Crippen LogP contribution in [0.25, 0.3) is 0 Å². The minimum Gasteiger partial charge on any atom is -0.493 e. The average molecular weight is 334 g/mol. The largest absolute Gasteiger partial charge is 0.493 e. The number of rotatable bonds is 7. The van der Waals surface area contributed by atoms with Gasteiger partial charge in [0.15, 0.2) is 11.5 Å². The van der Waals surface area contributed by atoms with E-state index < -0.39 is 11.8 Å². The maximum absolute atomic E-state index is 11.7. The number of methoxy groups -OCH3 is 3. The highest BCUT2D eigenvalue weighted by molar-refractivity contribution is 5.95. The van der Waals surface area contributed by atoms with Crippen molar-refractivity contribution < 1.29 is 23.8 Å². The first kappa shape index (κ1) is 19.8. The van der Waals surface area contributed by atoms with Crippen LogP contribution in [0.15, 0.2) is 12.1 Å². The summed E-state index contributed by atoms with van der Waals surface area (Å²) in [5.74, 6) is 0.451. The van der Waals surface area contributed by atoms with Gasteiger partial charge in [0.05, 0.1) is 34.4 Å². The van der Waals surface area contributed by atoms with Gasteiger partial charge in [-0.3, -0.25) is 9.59 Å². The lowest BCUT2D eigenvalue weighted by Gasteiger charge is -2.14. The Labute approximate surface area is 134 Å². The molecule has 0 aromatic heterocycles. The summed E-state index contributed by atoms with van der Waals surface area (Å²) in [6, 6.07) is 3.17. The zero-order valence-electron chi connectivity index (χ0n) is 12.6. The number of hydrogen-bond acceptors (Lipinski definition) is 6. The summed E-state index contributed by atoms with van der Waals surface area (Å²) in [7, 11) is 4.44. The predicted molar refractivity (Wildman–Crippen MR) is 84.0 cm³/mol. The van der Waals surface area contributed by atoms with Gasteiger partial charge in [-0.25, -0.2) is 0 Å². The molecule has 0 saturated heterocycles. The highest BCUT2D eigenvalue weighted by Gasteiger charge is 2.14. The Balaban J connectivity index is 0.00000441. The summed E-state index contributed by atoms with van der Waals surface area (Å²) in [5.41, 5.74) is 5.58. The van der Waals surface area contributed by atoms with E-state index in [0.29, 0.717) is 22.9 Å². The van der Waals surface area contributed by atoms with Gasteiger partial charge in [-0.1, -0.05) is 0 Å². The first-order valence-corrected chi connectivity index (χ1v) is 6.12. The molecular weight excluding hydrogens is 314 g/mol. The fourth-order valence-corrected chi connectivity index (χ4v) is 1.61. The van der Waals surface area contributed by atoms with Gasteiger partial charge in [0.25, 0.3) is 0 Å². The number of benzene rings is 1. The van der Waals surface area contributed by atoms with Gasteiger partial charge in [0.1, 0.15) is 0 Å². The minimum absolute atomic E-state index is 0. The van der Waals surface area contributed by atoms with Crippen LogP contribution in [0.1, 0.15) is 0 Å². The molecule has 8 nitrogen and oxygen atoms in total. The molecular formula is C13H20ClN3O5. The first-order valence-electron chi connectivity index (χ1n) is 6.12. The van der Waals surface area contributed by atoms with Crippen molar-refractivity contribution >= 4 is 29.9 Å². The molecule has 0 aliphatic rings. The number of carbonyl (C=O) groups excluding carboxylic acids is 2. The zero-order chi connectivity index (χ0) is 15.8. The molecule has 1 aromatic rings. The molecule has 0 aliphatic heterocycles. The van der Waals surface area contributed by atoms with Crippen LogP contribution >= 0.6 is 12.4 Å². The maximum Gasteiger partial charge on any atom is 0.243 e. The number of carbonyl (C=O) groups is 2. The molecule has 22 heavy (non-hydrogen) atoms. The van der Waals surface area contributed by atoms with Crippen molar-refractivity contribution in [2.24, 2.45) is 5.73 Å². The van der Waals surface area contributed by atoms with Crippen molar-refractivity contribution in [2.75, 3.05) is 39.7 Å². The smallest absolute Gasteiger partial charge is 0.243 e. The van der Waals surface area contributed by atoms with Crippen LogP contribution in [0.2, 0.25) is 0 Å². The lowest BCUT2D eigenvalue weighted by atomic mass is 10.2. The van der Waals surface area contributed by atoms with Crippen LogP contribution in [0.3, 0.4) is 0 Å². The van der Waals surface area contributed by atoms with Crippen LogP contribution in [0.5, 0.6) is 17.2 Å². The van der Waals surface area contributed by atoms with E-state index in [1.165, 1.54) is 21.3 Å². The predicted octanol–water partition coefficient (Wildman–Crippen LogP) is 0.148. The second kappa shape index (κ2) is 9.69.